The number of benzene rings is 1. The van der Waals surface area contributed by atoms with Crippen LogP contribution in [0, 0.1) is 0 Å². The molecule has 0 bridgehead atoms. The Morgan fingerprint density at radius 1 is 1.48 bits per heavy atom. The van der Waals surface area contributed by atoms with Gasteiger partial charge in [-0.3, -0.25) is 0 Å². The first-order chi connectivity index (χ1) is 9.87. The number of hydrogen-bond acceptors (Lipinski definition) is 5. The predicted octanol–water partition coefficient (Wildman–Crippen LogP) is 0.803. The molecule has 1 unspecified atom stereocenters. The summed E-state index contributed by atoms with van der Waals surface area (Å²) in [6.07, 6.45) is 0.623. The van der Waals surface area contributed by atoms with Gasteiger partial charge in [-0.05, 0) is 24.6 Å². The Hall–Kier alpha value is -1.64. The number of rotatable bonds is 5. The average molecular weight is 315 g/mol. The second-order valence-corrected chi connectivity index (χ2v) is 6.70. The molecule has 1 fully saturated rings. The van der Waals surface area contributed by atoms with Gasteiger partial charge in [-0.15, -0.1) is 0 Å². The fourth-order valence-electron chi connectivity index (χ4n) is 2.19. The lowest BCUT2D eigenvalue weighted by atomic mass is 10.2. The Morgan fingerprint density at radius 3 is 2.71 bits per heavy atom. The van der Waals surface area contributed by atoms with Gasteiger partial charge in [-0.25, -0.2) is 13.2 Å². The maximum atomic E-state index is 12.5. The van der Waals surface area contributed by atoms with Crippen molar-refractivity contribution in [2.75, 3.05) is 27.4 Å². The van der Waals surface area contributed by atoms with Gasteiger partial charge < -0.3 is 14.6 Å². The first-order valence-electron chi connectivity index (χ1n) is 6.35. The number of sulfonamides is 1. The van der Waals surface area contributed by atoms with Gasteiger partial charge in [-0.2, -0.15) is 4.31 Å². The van der Waals surface area contributed by atoms with Crippen LogP contribution in [0.1, 0.15) is 16.8 Å². The normalized spacial score (nSPS) is 18.9. The Labute approximate surface area is 123 Å². The van der Waals surface area contributed by atoms with Crippen LogP contribution in [-0.2, 0) is 14.8 Å². The average Bonchev–Trinajstić information content (AvgIpc) is 2.99. The van der Waals surface area contributed by atoms with E-state index in [-0.39, 0.29) is 22.3 Å². The van der Waals surface area contributed by atoms with Crippen molar-refractivity contribution in [2.24, 2.45) is 0 Å². The summed E-state index contributed by atoms with van der Waals surface area (Å²) in [5.74, 6) is -1.12. The molecule has 2 rings (SSSR count). The molecule has 0 spiro atoms. The van der Waals surface area contributed by atoms with E-state index in [1.165, 1.54) is 30.6 Å². The van der Waals surface area contributed by atoms with E-state index < -0.39 is 16.0 Å². The van der Waals surface area contributed by atoms with Crippen LogP contribution in [0.5, 0.6) is 5.75 Å². The quantitative estimate of drug-likeness (QED) is 0.864. The molecule has 1 saturated heterocycles. The molecule has 1 N–H and O–H groups in total. The van der Waals surface area contributed by atoms with Crippen LogP contribution in [0.25, 0.3) is 0 Å². The van der Waals surface area contributed by atoms with Crippen molar-refractivity contribution in [2.45, 2.75) is 17.4 Å². The predicted molar refractivity (Wildman–Crippen MR) is 74.1 cm³/mol. The summed E-state index contributed by atoms with van der Waals surface area (Å²) in [4.78, 5) is 11.1. The van der Waals surface area contributed by atoms with Crippen molar-refractivity contribution >= 4 is 16.0 Å². The van der Waals surface area contributed by atoms with E-state index in [2.05, 4.69) is 0 Å². The van der Waals surface area contributed by atoms with E-state index in [0.717, 1.165) is 6.07 Å². The molecular formula is C13H17NO6S. The zero-order valence-corrected chi connectivity index (χ0v) is 12.6. The third kappa shape index (κ3) is 3.02. The Bertz CT molecular complexity index is 636. The van der Waals surface area contributed by atoms with Gasteiger partial charge in [0.2, 0.25) is 10.0 Å². The molecule has 1 atom stereocenters. The first-order valence-corrected chi connectivity index (χ1v) is 7.79. The molecule has 0 aliphatic carbocycles. The highest BCUT2D eigenvalue weighted by molar-refractivity contribution is 7.89. The molecule has 7 nitrogen and oxygen atoms in total. The zero-order chi connectivity index (χ0) is 15.6. The van der Waals surface area contributed by atoms with E-state index in [1.807, 2.05) is 0 Å². The molecule has 1 heterocycles. The molecule has 1 aromatic carbocycles. The minimum atomic E-state index is -3.77. The largest absolute Gasteiger partial charge is 0.496 e. The smallest absolute Gasteiger partial charge is 0.339 e. The number of ether oxygens (including phenoxy) is 2. The van der Waals surface area contributed by atoms with Gasteiger partial charge in [0.15, 0.2) is 0 Å². The van der Waals surface area contributed by atoms with Crippen molar-refractivity contribution in [3.05, 3.63) is 23.8 Å². The summed E-state index contributed by atoms with van der Waals surface area (Å²) in [5, 5.41) is 9.13. The zero-order valence-electron chi connectivity index (χ0n) is 11.8. The number of hydrogen-bond donors (Lipinski definition) is 1. The van der Waals surface area contributed by atoms with E-state index >= 15 is 0 Å². The lowest BCUT2D eigenvalue weighted by molar-refractivity contribution is 0.0693. The standard InChI is InChI=1S/C13H17NO6S/c1-14(9-5-6-20-8-9)21(17,18)10-3-4-12(19-2)11(7-10)13(15)16/h3-4,7,9H,5-6,8H2,1-2H3,(H,15,16). The minimum Gasteiger partial charge on any atom is -0.496 e. The number of likely N-dealkylation sites (N-methyl/N-ethyl adjacent to an activating group) is 1. The maximum absolute atomic E-state index is 12.5. The summed E-state index contributed by atoms with van der Waals surface area (Å²) in [6.45, 7) is 0.866. The molecule has 0 radical (unpaired) electrons. The maximum Gasteiger partial charge on any atom is 0.339 e. The summed E-state index contributed by atoms with van der Waals surface area (Å²) >= 11 is 0. The van der Waals surface area contributed by atoms with Crippen LogP contribution in [0.15, 0.2) is 23.1 Å². The monoisotopic (exact) mass is 315 g/mol. The molecule has 0 amide bonds. The second kappa shape index (κ2) is 6.00. The number of carboxylic acids is 1. The number of carboxylic acid groups (broad SMARTS) is 1. The molecular weight excluding hydrogens is 298 g/mol. The van der Waals surface area contributed by atoms with E-state index in [9.17, 15) is 13.2 Å². The summed E-state index contributed by atoms with van der Waals surface area (Å²) in [6, 6.07) is 3.57. The number of methoxy groups -OCH3 is 1. The fourth-order valence-corrected chi connectivity index (χ4v) is 3.58. The fraction of sp³-hybridized carbons (Fsp3) is 0.462. The third-order valence-electron chi connectivity index (χ3n) is 3.50. The van der Waals surface area contributed by atoms with Gasteiger partial charge in [0.25, 0.3) is 0 Å². The van der Waals surface area contributed by atoms with Crippen LogP contribution in [0.2, 0.25) is 0 Å². The van der Waals surface area contributed by atoms with Crippen molar-refractivity contribution in [3.63, 3.8) is 0 Å². The van der Waals surface area contributed by atoms with E-state index in [4.69, 9.17) is 14.6 Å². The van der Waals surface area contributed by atoms with Gasteiger partial charge in [0.05, 0.1) is 24.7 Å². The molecule has 1 aliphatic heterocycles. The van der Waals surface area contributed by atoms with Gasteiger partial charge in [0.1, 0.15) is 11.3 Å². The minimum absolute atomic E-state index is 0.0740. The lowest BCUT2D eigenvalue weighted by Crippen LogP contribution is -2.37. The van der Waals surface area contributed by atoms with E-state index in [0.29, 0.717) is 19.6 Å². The SMILES string of the molecule is COc1ccc(S(=O)(=O)N(C)C2CCOC2)cc1C(=O)O. The molecule has 8 heteroatoms. The van der Waals surface area contributed by atoms with Crippen LogP contribution >= 0.6 is 0 Å². The molecule has 0 saturated carbocycles. The van der Waals surface area contributed by atoms with E-state index in [1.54, 1.807) is 0 Å². The highest BCUT2D eigenvalue weighted by atomic mass is 32.2. The van der Waals surface area contributed by atoms with Crippen molar-refractivity contribution in [1.82, 2.24) is 4.31 Å². The molecule has 1 aromatic rings. The summed E-state index contributed by atoms with van der Waals surface area (Å²) < 4.78 is 36.4. The second-order valence-electron chi connectivity index (χ2n) is 4.71. The summed E-state index contributed by atoms with van der Waals surface area (Å²) in [7, 11) is -0.966. The highest BCUT2D eigenvalue weighted by Gasteiger charge is 2.31. The number of carbonyl (C=O) groups is 1. The van der Waals surface area contributed by atoms with Gasteiger partial charge in [-0.1, -0.05) is 0 Å². The van der Waals surface area contributed by atoms with Crippen molar-refractivity contribution < 1.29 is 27.8 Å². The molecule has 116 valence electrons. The molecule has 21 heavy (non-hydrogen) atoms. The van der Waals surface area contributed by atoms with Gasteiger partial charge >= 0.3 is 5.97 Å². The van der Waals surface area contributed by atoms with Gasteiger partial charge in [0, 0.05) is 13.7 Å². The Balaban J connectivity index is 2.40. The first kappa shape index (κ1) is 15.7. The Morgan fingerprint density at radius 2 is 2.19 bits per heavy atom. The number of aromatic carboxylic acids is 1. The van der Waals surface area contributed by atoms with Crippen LogP contribution in [-0.4, -0.2) is 57.2 Å². The topological polar surface area (TPSA) is 93.1 Å². The van der Waals surface area contributed by atoms with Crippen LogP contribution in [0.4, 0.5) is 0 Å². The third-order valence-corrected chi connectivity index (χ3v) is 5.40. The van der Waals surface area contributed by atoms with Crippen LogP contribution < -0.4 is 4.74 Å². The molecule has 0 aromatic heterocycles. The van der Waals surface area contributed by atoms with Crippen molar-refractivity contribution in [3.8, 4) is 5.75 Å². The Kier molecular flexibility index (Phi) is 4.50. The number of nitrogens with zero attached hydrogens (tertiary/aromatic N) is 1. The summed E-state index contributed by atoms with van der Waals surface area (Å²) in [5.41, 5.74) is -0.186. The molecule has 1 aliphatic rings. The van der Waals surface area contributed by atoms with Crippen molar-refractivity contribution in [1.29, 1.82) is 0 Å². The lowest BCUT2D eigenvalue weighted by Gasteiger charge is -2.22. The highest BCUT2D eigenvalue weighted by Crippen LogP contribution is 2.26. The van der Waals surface area contributed by atoms with Crippen LogP contribution in [0.3, 0.4) is 0 Å².